The molecule has 4 heterocycles. The lowest BCUT2D eigenvalue weighted by Crippen LogP contribution is -2.38. The first-order valence-electron chi connectivity index (χ1n) is 16.4. The van der Waals surface area contributed by atoms with Crippen LogP contribution in [-0.2, 0) is 16.3 Å². The van der Waals surface area contributed by atoms with Gasteiger partial charge in [0.15, 0.2) is 0 Å². The van der Waals surface area contributed by atoms with Gasteiger partial charge >= 0.3 is 0 Å². The molecule has 48 heavy (non-hydrogen) atoms. The van der Waals surface area contributed by atoms with Gasteiger partial charge in [0.2, 0.25) is 5.91 Å². The molecule has 4 aromatic carbocycles. The molecule has 2 saturated heterocycles. The van der Waals surface area contributed by atoms with Gasteiger partial charge in [-0.25, -0.2) is 4.68 Å². The zero-order valence-corrected chi connectivity index (χ0v) is 26.6. The highest BCUT2D eigenvalue weighted by atomic mass is 19.3. The van der Waals surface area contributed by atoms with E-state index in [0.717, 1.165) is 59.6 Å². The Kier molecular flexibility index (Phi) is 7.22. The van der Waals surface area contributed by atoms with E-state index in [1.54, 1.807) is 6.07 Å². The van der Waals surface area contributed by atoms with Crippen LogP contribution in [0.25, 0.3) is 22.2 Å². The topological polar surface area (TPSA) is 63.1 Å². The summed E-state index contributed by atoms with van der Waals surface area (Å²) in [6.45, 7) is 3.00. The number of nitrogens with one attached hydrogen (secondary N) is 1. The fraction of sp³-hybridized carbons (Fsp3) is 0.225. The zero-order valence-electron chi connectivity index (χ0n) is 26.6. The highest BCUT2D eigenvalue weighted by Gasteiger charge is 2.49. The van der Waals surface area contributed by atoms with Gasteiger partial charge < -0.3 is 10.2 Å². The Labute approximate surface area is 278 Å². The largest absolute Gasteiger partial charge is 0.316 e. The number of carbonyl (C=O) groups is 1. The molecule has 2 fully saturated rings. The van der Waals surface area contributed by atoms with Gasteiger partial charge in [-0.3, -0.25) is 9.78 Å². The fourth-order valence-corrected chi connectivity index (χ4v) is 7.67. The number of carbonyl (C=O) groups excluding carboxylic acids is 1. The van der Waals surface area contributed by atoms with Crippen LogP contribution in [0, 0.1) is 5.41 Å². The minimum atomic E-state index is -3.13. The van der Waals surface area contributed by atoms with E-state index in [4.69, 9.17) is 5.10 Å². The number of halogens is 2. The third kappa shape index (κ3) is 4.73. The number of benzene rings is 4. The van der Waals surface area contributed by atoms with Crippen LogP contribution in [0.5, 0.6) is 0 Å². The summed E-state index contributed by atoms with van der Waals surface area (Å²) in [7, 11) is 0. The highest BCUT2D eigenvalue weighted by molar-refractivity contribution is 6.03. The van der Waals surface area contributed by atoms with Crippen molar-refractivity contribution in [1.29, 1.82) is 0 Å². The monoisotopic (exact) mass is 639 g/mol. The number of pyridine rings is 1. The Hall–Kier alpha value is -5.21. The molecule has 6 aromatic rings. The summed E-state index contributed by atoms with van der Waals surface area (Å²) in [5.74, 6) is -3.00. The van der Waals surface area contributed by atoms with Crippen LogP contribution < -0.4 is 10.2 Å². The first-order chi connectivity index (χ1) is 23.3. The molecular weight excluding hydrogens is 604 g/mol. The second-order valence-electron chi connectivity index (χ2n) is 13.0. The van der Waals surface area contributed by atoms with Crippen molar-refractivity contribution in [2.45, 2.75) is 31.2 Å². The zero-order chi connectivity index (χ0) is 32.9. The van der Waals surface area contributed by atoms with E-state index in [2.05, 4.69) is 46.7 Å². The Balaban J connectivity index is 1.43. The third-order valence-corrected chi connectivity index (χ3v) is 10.1. The molecule has 240 valence electrons. The Morgan fingerprint density at radius 3 is 1.98 bits per heavy atom. The quantitative estimate of drug-likeness (QED) is 0.181. The fourth-order valence-electron chi connectivity index (χ4n) is 7.67. The number of nitrogens with zero attached hydrogens (tertiary/aromatic N) is 4. The van der Waals surface area contributed by atoms with Crippen LogP contribution in [-0.4, -0.2) is 40.3 Å². The Bertz CT molecular complexity index is 2010. The van der Waals surface area contributed by atoms with E-state index >= 15 is 0 Å². The minimum Gasteiger partial charge on any atom is -0.316 e. The number of rotatable bonds is 7. The maximum absolute atomic E-state index is 14.6. The molecule has 0 radical (unpaired) electrons. The average molecular weight is 640 g/mol. The second kappa shape index (κ2) is 11.5. The molecule has 6 nitrogen and oxygen atoms in total. The van der Waals surface area contributed by atoms with Gasteiger partial charge in [0.1, 0.15) is 16.9 Å². The van der Waals surface area contributed by atoms with Gasteiger partial charge in [0, 0.05) is 42.8 Å². The Morgan fingerprint density at radius 2 is 1.42 bits per heavy atom. The summed E-state index contributed by atoms with van der Waals surface area (Å²) < 4.78 is 31.3. The van der Waals surface area contributed by atoms with Crippen molar-refractivity contribution in [3.63, 3.8) is 0 Å². The smallest absolute Gasteiger partial charge is 0.286 e. The van der Waals surface area contributed by atoms with Crippen LogP contribution in [0.4, 0.5) is 14.5 Å². The van der Waals surface area contributed by atoms with Gasteiger partial charge in [-0.1, -0.05) is 91.0 Å². The van der Waals surface area contributed by atoms with Crippen molar-refractivity contribution in [3.05, 3.63) is 150 Å². The van der Waals surface area contributed by atoms with Gasteiger partial charge in [-0.2, -0.15) is 13.9 Å². The van der Waals surface area contributed by atoms with Gasteiger partial charge in [-0.05, 0) is 66.4 Å². The van der Waals surface area contributed by atoms with Gasteiger partial charge in [0.25, 0.3) is 5.92 Å². The molecule has 1 atom stereocenters. The highest BCUT2D eigenvalue weighted by Crippen LogP contribution is 2.46. The SMILES string of the molecule is CC(F)(F)c1cc(-c2nn(C(c3ccccc3)(c3ccccc3)c3ccccc3)c3ccc(N4CC[C@]5(CCNC5)C4=O)cc23)ccn1. The number of fused-ring (bicyclic) bond motifs is 1. The van der Waals surface area contributed by atoms with Crippen LogP contribution in [0.1, 0.15) is 42.1 Å². The molecule has 0 aliphatic carbocycles. The van der Waals surface area contributed by atoms with Crippen molar-refractivity contribution in [2.24, 2.45) is 5.41 Å². The molecular formula is C40H35F2N5O. The molecule has 2 aliphatic heterocycles. The van der Waals surface area contributed by atoms with Gasteiger partial charge in [0.05, 0.1) is 10.9 Å². The van der Waals surface area contributed by atoms with E-state index in [-0.39, 0.29) is 17.0 Å². The summed E-state index contributed by atoms with van der Waals surface area (Å²) in [5.41, 5.74) is 3.96. The van der Waals surface area contributed by atoms with E-state index in [1.807, 2.05) is 82.4 Å². The third-order valence-electron chi connectivity index (χ3n) is 10.1. The first-order valence-corrected chi connectivity index (χ1v) is 16.4. The molecule has 0 saturated carbocycles. The average Bonchev–Trinajstić information content (AvgIpc) is 3.84. The summed E-state index contributed by atoms with van der Waals surface area (Å²) in [6.07, 6.45) is 3.03. The van der Waals surface area contributed by atoms with Crippen molar-refractivity contribution < 1.29 is 13.6 Å². The van der Waals surface area contributed by atoms with Crippen LogP contribution >= 0.6 is 0 Å². The molecule has 0 unspecified atom stereocenters. The second-order valence-corrected chi connectivity index (χ2v) is 13.0. The molecule has 2 aromatic heterocycles. The number of anilines is 1. The summed E-state index contributed by atoms with van der Waals surface area (Å²) in [6, 6.07) is 39.9. The van der Waals surface area contributed by atoms with Crippen LogP contribution in [0.3, 0.4) is 0 Å². The molecule has 1 amide bonds. The van der Waals surface area contributed by atoms with E-state index in [0.29, 0.717) is 24.3 Å². The van der Waals surface area contributed by atoms with Crippen molar-refractivity contribution in [3.8, 4) is 11.3 Å². The minimum absolute atomic E-state index is 0.129. The lowest BCUT2D eigenvalue weighted by atomic mass is 9.77. The maximum atomic E-state index is 14.6. The predicted molar refractivity (Wildman–Crippen MR) is 184 cm³/mol. The van der Waals surface area contributed by atoms with Crippen molar-refractivity contribution >= 4 is 22.5 Å². The van der Waals surface area contributed by atoms with Crippen LogP contribution in [0.2, 0.25) is 0 Å². The molecule has 2 aliphatic rings. The van der Waals surface area contributed by atoms with E-state index in [1.165, 1.54) is 12.3 Å². The van der Waals surface area contributed by atoms with E-state index in [9.17, 15) is 13.6 Å². The van der Waals surface area contributed by atoms with Crippen LogP contribution in [0.15, 0.2) is 128 Å². The molecule has 0 bridgehead atoms. The summed E-state index contributed by atoms with van der Waals surface area (Å²) in [5, 5.41) is 9.51. The lowest BCUT2D eigenvalue weighted by Gasteiger charge is -2.37. The first kappa shape index (κ1) is 30.1. The standard InChI is InChI=1S/C40H35F2N5O/c1-38(41,42)35-25-28(19-22-44-35)36-33-26-32(46-24-21-39(37(46)48)20-23-43-27-39)17-18-34(33)47(45-36)40(29-11-5-2-6-12-29,30-13-7-3-8-14-30)31-15-9-4-10-16-31/h2-19,22,25-26,43H,20-21,23-24,27H2,1H3/t39-/m0/s1. The molecule has 8 rings (SSSR count). The number of alkyl halides is 2. The molecule has 8 heteroatoms. The van der Waals surface area contributed by atoms with Crippen molar-refractivity contribution in [2.75, 3.05) is 24.5 Å². The number of aromatic nitrogens is 3. The maximum Gasteiger partial charge on any atom is 0.286 e. The Morgan fingerprint density at radius 1 is 0.792 bits per heavy atom. The number of hydrogen-bond donors (Lipinski definition) is 1. The van der Waals surface area contributed by atoms with E-state index < -0.39 is 11.5 Å². The van der Waals surface area contributed by atoms with Gasteiger partial charge in [-0.15, -0.1) is 0 Å². The molecule has 1 N–H and O–H groups in total. The number of amides is 1. The predicted octanol–water partition coefficient (Wildman–Crippen LogP) is 7.77. The lowest BCUT2D eigenvalue weighted by molar-refractivity contribution is -0.124. The van der Waals surface area contributed by atoms with Crippen molar-refractivity contribution in [1.82, 2.24) is 20.1 Å². The molecule has 1 spiro atoms. The normalized spacial score (nSPS) is 18.3. The summed E-state index contributed by atoms with van der Waals surface area (Å²) in [4.78, 5) is 19.8. The summed E-state index contributed by atoms with van der Waals surface area (Å²) >= 11 is 0. The number of hydrogen-bond acceptors (Lipinski definition) is 4.